The van der Waals surface area contributed by atoms with E-state index >= 15 is 0 Å². The lowest BCUT2D eigenvalue weighted by molar-refractivity contribution is -0.385. The molecule has 33 heavy (non-hydrogen) atoms. The average Bonchev–Trinajstić information content (AvgIpc) is 2.79. The van der Waals surface area contributed by atoms with Crippen LogP contribution in [0.15, 0.2) is 46.9 Å². The second-order valence-corrected chi connectivity index (χ2v) is 8.76. The van der Waals surface area contributed by atoms with Crippen molar-refractivity contribution in [2.75, 3.05) is 20.3 Å². The first-order valence-corrected chi connectivity index (χ1v) is 11.2. The maximum absolute atomic E-state index is 13.1. The standard InChI is InChI=1S/C23H28BrN3O6/c1-15(2)12-25-23(29)16(3)26(13-17-5-7-18(24)8-6-17)22(28)14-33-19-9-10-20(27(30)31)21(11-19)32-4/h5-11,15-16H,12-14H2,1-4H3,(H,25,29). The number of carbonyl (C=O) groups is 2. The van der Waals surface area contributed by atoms with Gasteiger partial charge in [-0.3, -0.25) is 19.7 Å². The van der Waals surface area contributed by atoms with Gasteiger partial charge in [0.05, 0.1) is 12.0 Å². The minimum absolute atomic E-state index is 0.0260. The molecule has 0 heterocycles. The molecule has 0 spiro atoms. The van der Waals surface area contributed by atoms with Crippen molar-refractivity contribution in [1.29, 1.82) is 0 Å². The average molecular weight is 522 g/mol. The van der Waals surface area contributed by atoms with Crippen LogP contribution in [-0.2, 0) is 16.1 Å². The maximum Gasteiger partial charge on any atom is 0.311 e. The number of benzene rings is 2. The molecular formula is C23H28BrN3O6. The van der Waals surface area contributed by atoms with Gasteiger partial charge in [-0.1, -0.05) is 41.9 Å². The van der Waals surface area contributed by atoms with Crippen LogP contribution >= 0.6 is 15.9 Å². The second-order valence-electron chi connectivity index (χ2n) is 7.84. The van der Waals surface area contributed by atoms with Crippen molar-refractivity contribution in [3.05, 3.63) is 62.6 Å². The van der Waals surface area contributed by atoms with Crippen LogP contribution in [0.4, 0.5) is 5.69 Å². The monoisotopic (exact) mass is 521 g/mol. The predicted octanol–water partition coefficient (Wildman–Crippen LogP) is 3.93. The molecule has 0 aliphatic heterocycles. The molecule has 0 fully saturated rings. The lowest BCUT2D eigenvalue weighted by Crippen LogP contribution is -2.49. The first-order chi connectivity index (χ1) is 15.6. The van der Waals surface area contributed by atoms with E-state index in [9.17, 15) is 19.7 Å². The van der Waals surface area contributed by atoms with Crippen LogP contribution in [0.2, 0.25) is 0 Å². The summed E-state index contributed by atoms with van der Waals surface area (Å²) in [6.45, 7) is 6.02. The van der Waals surface area contributed by atoms with E-state index < -0.39 is 16.9 Å². The quantitative estimate of drug-likeness (QED) is 0.354. The van der Waals surface area contributed by atoms with Gasteiger partial charge < -0.3 is 19.7 Å². The van der Waals surface area contributed by atoms with E-state index in [1.165, 1.54) is 30.2 Å². The molecule has 1 N–H and O–H groups in total. The maximum atomic E-state index is 13.1. The fourth-order valence-electron chi connectivity index (χ4n) is 2.95. The van der Waals surface area contributed by atoms with E-state index in [-0.39, 0.29) is 42.2 Å². The van der Waals surface area contributed by atoms with Gasteiger partial charge in [-0.2, -0.15) is 0 Å². The zero-order valence-electron chi connectivity index (χ0n) is 19.0. The van der Waals surface area contributed by atoms with E-state index in [0.29, 0.717) is 6.54 Å². The van der Waals surface area contributed by atoms with Crippen LogP contribution in [0.5, 0.6) is 11.5 Å². The van der Waals surface area contributed by atoms with Gasteiger partial charge in [-0.15, -0.1) is 0 Å². The van der Waals surface area contributed by atoms with E-state index in [0.717, 1.165) is 10.0 Å². The van der Waals surface area contributed by atoms with Crippen LogP contribution in [0.3, 0.4) is 0 Å². The topological polar surface area (TPSA) is 111 Å². The summed E-state index contributed by atoms with van der Waals surface area (Å²) >= 11 is 3.39. The van der Waals surface area contributed by atoms with Crippen LogP contribution in [0.1, 0.15) is 26.3 Å². The Morgan fingerprint density at radius 2 is 1.82 bits per heavy atom. The van der Waals surface area contributed by atoms with Gasteiger partial charge in [-0.25, -0.2) is 0 Å². The van der Waals surface area contributed by atoms with Crippen molar-refractivity contribution in [1.82, 2.24) is 10.2 Å². The normalized spacial score (nSPS) is 11.6. The molecule has 0 saturated carbocycles. The minimum Gasteiger partial charge on any atom is -0.490 e. The van der Waals surface area contributed by atoms with E-state index in [1.54, 1.807) is 6.92 Å². The number of nitro benzene ring substituents is 1. The summed E-state index contributed by atoms with van der Waals surface area (Å²) < 4.78 is 11.5. The van der Waals surface area contributed by atoms with Crippen LogP contribution < -0.4 is 14.8 Å². The number of methoxy groups -OCH3 is 1. The molecule has 2 aromatic rings. The van der Waals surface area contributed by atoms with E-state index in [1.807, 2.05) is 38.1 Å². The number of rotatable bonds is 11. The number of nitrogens with one attached hydrogen (secondary N) is 1. The van der Waals surface area contributed by atoms with Crippen LogP contribution in [-0.4, -0.2) is 47.9 Å². The molecule has 0 saturated heterocycles. The summed E-state index contributed by atoms with van der Waals surface area (Å²) in [5.41, 5.74) is 0.649. The van der Waals surface area contributed by atoms with E-state index in [4.69, 9.17) is 9.47 Å². The molecule has 0 radical (unpaired) electrons. The third kappa shape index (κ3) is 7.74. The van der Waals surface area contributed by atoms with Gasteiger partial charge in [0.15, 0.2) is 6.61 Å². The molecule has 2 amide bonds. The van der Waals surface area contributed by atoms with Gasteiger partial charge in [0, 0.05) is 29.7 Å². The van der Waals surface area contributed by atoms with Crippen LogP contribution in [0.25, 0.3) is 0 Å². The highest BCUT2D eigenvalue weighted by Gasteiger charge is 2.27. The molecule has 0 aliphatic carbocycles. The summed E-state index contributed by atoms with van der Waals surface area (Å²) in [5, 5.41) is 13.9. The predicted molar refractivity (Wildman–Crippen MR) is 127 cm³/mol. The largest absolute Gasteiger partial charge is 0.490 e. The first-order valence-electron chi connectivity index (χ1n) is 10.4. The molecule has 0 bridgehead atoms. The highest BCUT2D eigenvalue weighted by molar-refractivity contribution is 9.10. The number of amides is 2. The summed E-state index contributed by atoms with van der Waals surface area (Å²) in [7, 11) is 1.31. The smallest absolute Gasteiger partial charge is 0.311 e. The number of ether oxygens (including phenoxy) is 2. The molecular weight excluding hydrogens is 494 g/mol. The third-order valence-corrected chi connectivity index (χ3v) is 5.36. The fourth-order valence-corrected chi connectivity index (χ4v) is 3.21. The van der Waals surface area contributed by atoms with Gasteiger partial charge in [-0.05, 0) is 36.6 Å². The Labute approximate surface area is 201 Å². The Kier molecular flexibility index (Phi) is 9.65. The Hall–Kier alpha value is -3.14. The summed E-state index contributed by atoms with van der Waals surface area (Å²) in [6.07, 6.45) is 0. The van der Waals surface area contributed by atoms with Gasteiger partial charge in [0.1, 0.15) is 11.8 Å². The molecule has 10 heteroatoms. The Bertz CT molecular complexity index is 981. The first kappa shape index (κ1) is 26.1. The van der Waals surface area contributed by atoms with Crippen molar-refractivity contribution in [2.45, 2.75) is 33.4 Å². The molecule has 1 unspecified atom stereocenters. The molecule has 0 aliphatic rings. The summed E-state index contributed by atoms with van der Waals surface area (Å²) in [4.78, 5) is 37.7. The molecule has 0 aromatic heterocycles. The number of halogens is 1. The van der Waals surface area contributed by atoms with Gasteiger partial charge >= 0.3 is 5.69 Å². The lowest BCUT2D eigenvalue weighted by atomic mass is 10.1. The van der Waals surface area contributed by atoms with Gasteiger partial charge in [0.2, 0.25) is 11.7 Å². The Morgan fingerprint density at radius 1 is 1.15 bits per heavy atom. The zero-order valence-corrected chi connectivity index (χ0v) is 20.6. The number of nitrogens with zero attached hydrogens (tertiary/aromatic N) is 2. The Morgan fingerprint density at radius 3 is 2.39 bits per heavy atom. The molecule has 1 atom stereocenters. The summed E-state index contributed by atoms with van der Waals surface area (Å²) in [6, 6.07) is 10.7. The molecule has 2 aromatic carbocycles. The Balaban J connectivity index is 2.17. The lowest BCUT2D eigenvalue weighted by Gasteiger charge is -2.29. The van der Waals surface area contributed by atoms with Gasteiger partial charge in [0.25, 0.3) is 5.91 Å². The summed E-state index contributed by atoms with van der Waals surface area (Å²) in [5.74, 6) is -0.116. The number of hydrogen-bond acceptors (Lipinski definition) is 6. The highest BCUT2D eigenvalue weighted by atomic mass is 79.9. The van der Waals surface area contributed by atoms with Crippen LogP contribution in [0, 0.1) is 16.0 Å². The SMILES string of the molecule is COc1cc(OCC(=O)N(Cc2ccc(Br)cc2)C(C)C(=O)NCC(C)C)ccc1[N+](=O)[O-]. The van der Waals surface area contributed by atoms with Crippen molar-refractivity contribution in [2.24, 2.45) is 5.92 Å². The highest BCUT2D eigenvalue weighted by Crippen LogP contribution is 2.30. The van der Waals surface area contributed by atoms with Crippen molar-refractivity contribution in [3.63, 3.8) is 0 Å². The number of nitro groups is 1. The van der Waals surface area contributed by atoms with E-state index in [2.05, 4.69) is 21.2 Å². The molecule has 9 nitrogen and oxygen atoms in total. The third-order valence-electron chi connectivity index (χ3n) is 4.83. The second kappa shape index (κ2) is 12.2. The van der Waals surface area contributed by atoms with Crippen molar-refractivity contribution >= 4 is 33.4 Å². The minimum atomic E-state index is -0.727. The zero-order chi connectivity index (χ0) is 24.5. The number of carbonyl (C=O) groups excluding carboxylic acids is 2. The molecule has 178 valence electrons. The van der Waals surface area contributed by atoms with Crippen molar-refractivity contribution in [3.8, 4) is 11.5 Å². The fraction of sp³-hybridized carbons (Fsp3) is 0.391. The molecule has 2 rings (SSSR count). The number of hydrogen-bond donors (Lipinski definition) is 1. The van der Waals surface area contributed by atoms with Crippen molar-refractivity contribution < 1.29 is 24.0 Å².